The first-order valence-corrected chi connectivity index (χ1v) is 8.11. The van der Waals surface area contributed by atoms with Crippen LogP contribution in [-0.2, 0) is 0 Å². The van der Waals surface area contributed by atoms with E-state index in [0.717, 1.165) is 44.9 Å². The fraction of sp³-hybridized carbons (Fsp3) is 1.00. The van der Waals surface area contributed by atoms with E-state index in [1.807, 2.05) is 6.92 Å². The second-order valence-electron chi connectivity index (χ2n) is 5.87. The van der Waals surface area contributed by atoms with E-state index < -0.39 is 5.60 Å². The first-order chi connectivity index (χ1) is 9.06. The Labute approximate surface area is 119 Å². The molecule has 3 unspecified atom stereocenters. The molecule has 0 aliphatic carbocycles. The van der Waals surface area contributed by atoms with Crippen LogP contribution < -0.4 is 0 Å². The van der Waals surface area contributed by atoms with Gasteiger partial charge in [0.25, 0.3) is 0 Å². The van der Waals surface area contributed by atoms with Gasteiger partial charge < -0.3 is 5.11 Å². The molecule has 3 heteroatoms. The summed E-state index contributed by atoms with van der Waals surface area (Å²) in [4.78, 5) is 11.2. The Balaban J connectivity index is 4.59. The highest BCUT2D eigenvalue weighted by Gasteiger charge is 2.32. The number of aliphatic hydroxyl groups is 1. The molecule has 1 N–H and O–H groups in total. The maximum absolute atomic E-state index is 11.2. The van der Waals surface area contributed by atoms with Crippen LogP contribution in [0.15, 0.2) is 5.18 Å². The van der Waals surface area contributed by atoms with Gasteiger partial charge in [-0.15, -0.1) is 0 Å². The van der Waals surface area contributed by atoms with Gasteiger partial charge in [-0.3, -0.25) is 0 Å². The van der Waals surface area contributed by atoms with Crippen molar-refractivity contribution in [1.82, 2.24) is 0 Å². The third kappa shape index (κ3) is 7.05. The number of unbranched alkanes of at least 4 members (excludes halogenated alkanes) is 2. The zero-order valence-electron chi connectivity index (χ0n) is 13.3. The highest BCUT2D eigenvalue weighted by molar-refractivity contribution is 4.86. The molecule has 0 rings (SSSR count). The van der Waals surface area contributed by atoms with Gasteiger partial charge in [0, 0.05) is 6.42 Å². The maximum atomic E-state index is 11.2. The molecule has 0 aliphatic rings. The van der Waals surface area contributed by atoms with Gasteiger partial charge in [-0.25, -0.2) is 0 Å². The number of hydrogen-bond acceptors (Lipinski definition) is 3. The molecule has 0 heterocycles. The number of rotatable bonds is 12. The van der Waals surface area contributed by atoms with Gasteiger partial charge in [0.1, 0.15) is 0 Å². The zero-order valence-corrected chi connectivity index (χ0v) is 13.3. The molecular formula is C16H33NO2. The van der Waals surface area contributed by atoms with E-state index in [-0.39, 0.29) is 6.04 Å². The minimum atomic E-state index is -0.700. The minimum Gasteiger partial charge on any atom is -0.390 e. The topological polar surface area (TPSA) is 49.7 Å². The van der Waals surface area contributed by atoms with Crippen LogP contribution in [-0.4, -0.2) is 16.7 Å². The largest absolute Gasteiger partial charge is 0.390 e. The highest BCUT2D eigenvalue weighted by atomic mass is 16.3. The summed E-state index contributed by atoms with van der Waals surface area (Å²) in [6.07, 6.45) is 8.45. The lowest BCUT2D eigenvalue weighted by Crippen LogP contribution is -2.35. The molecule has 3 nitrogen and oxygen atoms in total. The molecule has 0 radical (unpaired) electrons. The van der Waals surface area contributed by atoms with Crippen molar-refractivity contribution < 1.29 is 5.11 Å². The molecular weight excluding hydrogens is 238 g/mol. The second kappa shape index (κ2) is 10.4. The van der Waals surface area contributed by atoms with Gasteiger partial charge in [-0.05, 0) is 25.2 Å². The standard InChI is InChI=1S/C16H33NO2/c1-5-9-11-14(7-3)15(17-19)13-16(18,8-4)12-10-6-2/h14-15,18H,5-13H2,1-4H3. The normalized spacial score (nSPS) is 17.7. The quantitative estimate of drug-likeness (QED) is 0.504. The summed E-state index contributed by atoms with van der Waals surface area (Å²) in [7, 11) is 0. The molecule has 0 aliphatic heterocycles. The van der Waals surface area contributed by atoms with Crippen LogP contribution in [0.3, 0.4) is 0 Å². The molecule has 0 aromatic rings. The lowest BCUT2D eigenvalue weighted by molar-refractivity contribution is 0.00480. The van der Waals surface area contributed by atoms with Crippen LogP contribution in [0.5, 0.6) is 0 Å². The Bertz CT molecular complexity index is 233. The van der Waals surface area contributed by atoms with Crippen molar-refractivity contribution in [2.75, 3.05) is 0 Å². The van der Waals surface area contributed by atoms with Gasteiger partial charge in [0.15, 0.2) is 0 Å². The average molecular weight is 271 g/mol. The summed E-state index contributed by atoms with van der Waals surface area (Å²) in [6.45, 7) is 8.42. The van der Waals surface area contributed by atoms with Crippen molar-refractivity contribution in [1.29, 1.82) is 0 Å². The fourth-order valence-corrected chi connectivity index (χ4v) is 2.74. The van der Waals surface area contributed by atoms with Crippen molar-refractivity contribution >= 4 is 0 Å². The van der Waals surface area contributed by atoms with Gasteiger partial charge in [-0.2, -0.15) is 4.91 Å². The predicted octanol–water partition coefficient (Wildman–Crippen LogP) is 5.06. The Morgan fingerprint density at radius 3 is 2.16 bits per heavy atom. The maximum Gasteiger partial charge on any atom is 0.0974 e. The third-order valence-electron chi connectivity index (χ3n) is 4.38. The van der Waals surface area contributed by atoms with Crippen molar-refractivity contribution in [3.05, 3.63) is 4.91 Å². The molecule has 0 aromatic heterocycles. The Kier molecular flexibility index (Phi) is 10.1. The smallest absolute Gasteiger partial charge is 0.0974 e. The van der Waals surface area contributed by atoms with Crippen LogP contribution in [0, 0.1) is 10.8 Å². The second-order valence-corrected chi connectivity index (χ2v) is 5.87. The first kappa shape index (κ1) is 18.6. The Morgan fingerprint density at radius 1 is 1.11 bits per heavy atom. The molecule has 19 heavy (non-hydrogen) atoms. The molecule has 0 bridgehead atoms. The van der Waals surface area contributed by atoms with Crippen LogP contribution in [0.2, 0.25) is 0 Å². The Hall–Kier alpha value is -0.440. The average Bonchev–Trinajstić information content (AvgIpc) is 2.44. The summed E-state index contributed by atoms with van der Waals surface area (Å²) < 4.78 is 0. The van der Waals surface area contributed by atoms with E-state index in [4.69, 9.17) is 0 Å². The summed E-state index contributed by atoms with van der Waals surface area (Å²) in [6, 6.07) is -0.224. The minimum absolute atomic E-state index is 0.224. The predicted molar refractivity (Wildman–Crippen MR) is 82.3 cm³/mol. The van der Waals surface area contributed by atoms with Crippen molar-refractivity contribution in [2.45, 2.75) is 97.1 Å². The molecule has 0 aromatic carbocycles. The number of nitrogens with zero attached hydrogens (tertiary/aromatic N) is 1. The van der Waals surface area contributed by atoms with E-state index in [9.17, 15) is 10.0 Å². The van der Waals surface area contributed by atoms with E-state index in [2.05, 4.69) is 25.9 Å². The van der Waals surface area contributed by atoms with Crippen molar-refractivity contribution in [3.63, 3.8) is 0 Å². The SMILES string of the molecule is CCCCC(CC)C(CC(O)(CC)CCCC)N=O. The van der Waals surface area contributed by atoms with Crippen LogP contribution in [0.1, 0.15) is 85.5 Å². The molecule has 0 fully saturated rings. The summed E-state index contributed by atoms with van der Waals surface area (Å²) >= 11 is 0. The monoisotopic (exact) mass is 271 g/mol. The van der Waals surface area contributed by atoms with E-state index in [1.165, 1.54) is 0 Å². The molecule has 0 spiro atoms. The van der Waals surface area contributed by atoms with Crippen molar-refractivity contribution in [3.8, 4) is 0 Å². The van der Waals surface area contributed by atoms with E-state index >= 15 is 0 Å². The van der Waals surface area contributed by atoms with Crippen molar-refractivity contribution in [2.24, 2.45) is 11.1 Å². The molecule has 0 saturated heterocycles. The summed E-state index contributed by atoms with van der Waals surface area (Å²) in [5.41, 5.74) is -0.700. The van der Waals surface area contributed by atoms with Gasteiger partial charge in [0.2, 0.25) is 0 Å². The third-order valence-corrected chi connectivity index (χ3v) is 4.38. The van der Waals surface area contributed by atoms with Gasteiger partial charge >= 0.3 is 0 Å². The van der Waals surface area contributed by atoms with Gasteiger partial charge in [-0.1, -0.05) is 65.0 Å². The number of hydrogen-bond donors (Lipinski definition) is 1. The fourth-order valence-electron chi connectivity index (χ4n) is 2.74. The van der Waals surface area contributed by atoms with Crippen LogP contribution in [0.25, 0.3) is 0 Å². The molecule has 3 atom stereocenters. The van der Waals surface area contributed by atoms with Gasteiger partial charge in [0.05, 0.1) is 11.6 Å². The molecule has 0 amide bonds. The first-order valence-electron chi connectivity index (χ1n) is 8.11. The molecule has 114 valence electrons. The number of nitroso groups, excluding NO2 is 1. The van der Waals surface area contributed by atoms with Crippen LogP contribution >= 0.6 is 0 Å². The lowest BCUT2D eigenvalue weighted by atomic mass is 9.81. The zero-order chi connectivity index (χ0) is 14.7. The molecule has 0 saturated carbocycles. The highest BCUT2D eigenvalue weighted by Crippen LogP contribution is 2.31. The lowest BCUT2D eigenvalue weighted by Gasteiger charge is -2.31. The summed E-state index contributed by atoms with van der Waals surface area (Å²) in [5, 5.41) is 14.0. The van der Waals surface area contributed by atoms with E-state index in [0.29, 0.717) is 18.8 Å². The summed E-state index contributed by atoms with van der Waals surface area (Å²) in [5.74, 6) is 0.331. The van der Waals surface area contributed by atoms with E-state index in [1.54, 1.807) is 0 Å². The Morgan fingerprint density at radius 2 is 1.74 bits per heavy atom. The van der Waals surface area contributed by atoms with Crippen LogP contribution in [0.4, 0.5) is 0 Å².